The van der Waals surface area contributed by atoms with Crippen LogP contribution in [0.2, 0.25) is 0 Å². The van der Waals surface area contributed by atoms with Crippen molar-refractivity contribution in [3.05, 3.63) is 17.5 Å². The van der Waals surface area contributed by atoms with Crippen LogP contribution in [0.25, 0.3) is 0 Å². The van der Waals surface area contributed by atoms with Gasteiger partial charge in [0.2, 0.25) is 0 Å². The third-order valence-corrected chi connectivity index (χ3v) is 3.11. The minimum atomic E-state index is -1.02. The Morgan fingerprint density at radius 1 is 1.56 bits per heavy atom. The maximum absolute atomic E-state index is 11.9. The third-order valence-electron chi connectivity index (χ3n) is 3.11. The highest BCUT2D eigenvalue weighted by Gasteiger charge is 2.26. The van der Waals surface area contributed by atoms with Gasteiger partial charge in [0.05, 0.1) is 0 Å². The number of carboxylic acid groups (broad SMARTS) is 1. The van der Waals surface area contributed by atoms with Gasteiger partial charge in [-0.25, -0.2) is 4.79 Å². The molecule has 1 amide bonds. The number of hydrogen-bond donors (Lipinski definition) is 2. The number of carbonyl (C=O) groups excluding carboxylic acids is 1. The van der Waals surface area contributed by atoms with E-state index >= 15 is 0 Å². The molecule has 0 fully saturated rings. The second-order valence-corrected chi connectivity index (χ2v) is 4.47. The first kappa shape index (κ1) is 14.2. The summed E-state index contributed by atoms with van der Waals surface area (Å²) in [6, 6.07) is 0.745. The van der Waals surface area contributed by atoms with Crippen molar-refractivity contribution in [2.24, 2.45) is 13.0 Å². The topological polar surface area (TPSA) is 84.2 Å². The lowest BCUT2D eigenvalue weighted by molar-refractivity contribution is -0.140. The number of carbonyl (C=O) groups is 2. The van der Waals surface area contributed by atoms with Crippen LogP contribution < -0.4 is 5.32 Å². The molecule has 0 bridgehead atoms. The molecule has 0 aromatic carbocycles. The summed E-state index contributed by atoms with van der Waals surface area (Å²) in [5.41, 5.74) is 1.08. The summed E-state index contributed by atoms with van der Waals surface area (Å²) >= 11 is 0. The largest absolute Gasteiger partial charge is 0.480 e. The van der Waals surface area contributed by atoms with Gasteiger partial charge in [-0.05, 0) is 18.9 Å². The van der Waals surface area contributed by atoms with E-state index in [2.05, 4.69) is 10.4 Å². The minimum Gasteiger partial charge on any atom is -0.480 e. The van der Waals surface area contributed by atoms with E-state index in [-0.39, 0.29) is 11.6 Å². The molecule has 18 heavy (non-hydrogen) atoms. The molecule has 1 heterocycles. The molecule has 0 unspecified atom stereocenters. The van der Waals surface area contributed by atoms with E-state index in [4.69, 9.17) is 5.11 Å². The van der Waals surface area contributed by atoms with Gasteiger partial charge in [0.15, 0.2) is 0 Å². The van der Waals surface area contributed by atoms with Crippen molar-refractivity contribution in [3.63, 3.8) is 0 Å². The zero-order chi connectivity index (χ0) is 13.9. The lowest BCUT2D eigenvalue weighted by atomic mass is 9.99. The molecule has 2 atom stereocenters. The number of nitrogens with zero attached hydrogens (tertiary/aromatic N) is 2. The molecule has 1 aromatic rings. The second kappa shape index (κ2) is 5.66. The Bertz CT molecular complexity index is 434. The molecular formula is C12H19N3O3. The van der Waals surface area contributed by atoms with Gasteiger partial charge in [0, 0.05) is 12.7 Å². The second-order valence-electron chi connectivity index (χ2n) is 4.47. The minimum absolute atomic E-state index is 0.128. The Labute approximate surface area is 106 Å². The Morgan fingerprint density at radius 2 is 2.17 bits per heavy atom. The summed E-state index contributed by atoms with van der Waals surface area (Å²) in [5, 5.41) is 15.6. The maximum Gasteiger partial charge on any atom is 0.326 e. The van der Waals surface area contributed by atoms with E-state index in [1.165, 1.54) is 0 Å². The van der Waals surface area contributed by atoms with E-state index in [9.17, 15) is 9.59 Å². The quantitative estimate of drug-likeness (QED) is 0.818. The summed E-state index contributed by atoms with van der Waals surface area (Å²) < 4.78 is 1.58. The lowest BCUT2D eigenvalue weighted by Crippen LogP contribution is -2.45. The molecule has 0 aliphatic rings. The van der Waals surface area contributed by atoms with Crippen LogP contribution in [-0.4, -0.2) is 32.8 Å². The number of aryl methyl sites for hydroxylation is 2. The van der Waals surface area contributed by atoms with Crippen molar-refractivity contribution in [2.75, 3.05) is 0 Å². The van der Waals surface area contributed by atoms with Crippen LogP contribution in [0.15, 0.2) is 6.07 Å². The van der Waals surface area contributed by atoms with Crippen LogP contribution in [-0.2, 0) is 11.8 Å². The highest BCUT2D eigenvalue weighted by molar-refractivity contribution is 5.95. The van der Waals surface area contributed by atoms with Crippen molar-refractivity contribution < 1.29 is 14.7 Å². The first-order valence-electron chi connectivity index (χ1n) is 5.91. The molecule has 0 saturated carbocycles. The first-order valence-corrected chi connectivity index (χ1v) is 5.91. The van der Waals surface area contributed by atoms with Gasteiger partial charge in [-0.15, -0.1) is 0 Å². The van der Waals surface area contributed by atoms with Gasteiger partial charge >= 0.3 is 5.97 Å². The van der Waals surface area contributed by atoms with E-state index in [1.807, 2.05) is 13.8 Å². The molecule has 100 valence electrons. The Balaban J connectivity index is 2.81. The summed E-state index contributed by atoms with van der Waals surface area (Å²) in [6.07, 6.45) is 0.679. The fourth-order valence-corrected chi connectivity index (χ4v) is 1.57. The van der Waals surface area contributed by atoms with Crippen LogP contribution in [0.4, 0.5) is 0 Å². The van der Waals surface area contributed by atoms with Gasteiger partial charge in [-0.3, -0.25) is 9.48 Å². The van der Waals surface area contributed by atoms with Gasteiger partial charge in [0.1, 0.15) is 11.7 Å². The molecule has 6 heteroatoms. The van der Waals surface area contributed by atoms with Crippen molar-refractivity contribution >= 4 is 11.9 Å². The fourth-order valence-electron chi connectivity index (χ4n) is 1.57. The molecule has 2 N–H and O–H groups in total. The van der Waals surface area contributed by atoms with E-state index in [0.717, 1.165) is 5.69 Å². The standard InChI is InChI=1S/C12H19N3O3/c1-5-7(2)10(12(17)18)13-11(16)9-6-8(3)15(4)14-9/h6-7,10H,5H2,1-4H3,(H,13,16)(H,17,18)/t7-,10-/m0/s1. The van der Waals surface area contributed by atoms with Crippen molar-refractivity contribution in [3.8, 4) is 0 Å². The summed E-state index contributed by atoms with van der Waals surface area (Å²) in [6.45, 7) is 5.51. The number of rotatable bonds is 5. The van der Waals surface area contributed by atoms with Crippen molar-refractivity contribution in [1.29, 1.82) is 0 Å². The molecule has 0 aliphatic heterocycles. The predicted octanol–water partition coefficient (Wildman–Crippen LogP) is 0.958. The molecule has 0 radical (unpaired) electrons. The number of nitrogens with one attached hydrogen (secondary N) is 1. The zero-order valence-electron chi connectivity index (χ0n) is 11.1. The van der Waals surface area contributed by atoms with Crippen LogP contribution in [0, 0.1) is 12.8 Å². The molecule has 1 rings (SSSR count). The highest BCUT2D eigenvalue weighted by atomic mass is 16.4. The van der Waals surface area contributed by atoms with Crippen LogP contribution in [0.5, 0.6) is 0 Å². The smallest absolute Gasteiger partial charge is 0.326 e. The average molecular weight is 253 g/mol. The molecule has 1 aromatic heterocycles. The molecule has 0 saturated heterocycles. The normalized spacial score (nSPS) is 14.0. The van der Waals surface area contributed by atoms with E-state index in [0.29, 0.717) is 6.42 Å². The van der Waals surface area contributed by atoms with Gasteiger partial charge in [0.25, 0.3) is 5.91 Å². The average Bonchev–Trinajstić information content (AvgIpc) is 2.65. The molecule has 0 aliphatic carbocycles. The van der Waals surface area contributed by atoms with E-state index < -0.39 is 17.9 Å². The lowest BCUT2D eigenvalue weighted by Gasteiger charge is -2.19. The summed E-state index contributed by atoms with van der Waals surface area (Å²) in [4.78, 5) is 23.0. The van der Waals surface area contributed by atoms with Crippen LogP contribution >= 0.6 is 0 Å². The fraction of sp³-hybridized carbons (Fsp3) is 0.583. The monoisotopic (exact) mass is 253 g/mol. The number of carboxylic acids is 1. The SMILES string of the molecule is CC[C@H](C)[C@H](NC(=O)c1cc(C)n(C)n1)C(=O)O. The van der Waals surface area contributed by atoms with Gasteiger partial charge < -0.3 is 10.4 Å². The Kier molecular flexibility index (Phi) is 4.47. The summed E-state index contributed by atoms with van der Waals surface area (Å²) in [5.74, 6) is -1.60. The van der Waals surface area contributed by atoms with Gasteiger partial charge in [-0.2, -0.15) is 5.10 Å². The van der Waals surface area contributed by atoms with Crippen LogP contribution in [0.3, 0.4) is 0 Å². The highest BCUT2D eigenvalue weighted by Crippen LogP contribution is 2.09. The van der Waals surface area contributed by atoms with Gasteiger partial charge in [-0.1, -0.05) is 20.3 Å². The Hall–Kier alpha value is -1.85. The number of hydrogen-bond acceptors (Lipinski definition) is 3. The molecule has 6 nitrogen and oxygen atoms in total. The number of amides is 1. The number of aromatic nitrogens is 2. The van der Waals surface area contributed by atoms with Crippen molar-refractivity contribution in [1.82, 2.24) is 15.1 Å². The first-order chi connectivity index (χ1) is 8.36. The van der Waals surface area contributed by atoms with Crippen molar-refractivity contribution in [2.45, 2.75) is 33.2 Å². The predicted molar refractivity (Wildman–Crippen MR) is 66.3 cm³/mol. The van der Waals surface area contributed by atoms with E-state index in [1.54, 1.807) is 24.7 Å². The summed E-state index contributed by atoms with van der Waals surface area (Å²) in [7, 11) is 1.73. The molecule has 0 spiro atoms. The molecular weight excluding hydrogens is 234 g/mol. The van der Waals surface area contributed by atoms with Crippen LogP contribution in [0.1, 0.15) is 36.5 Å². The third kappa shape index (κ3) is 3.09. The Morgan fingerprint density at radius 3 is 2.56 bits per heavy atom. The zero-order valence-corrected chi connectivity index (χ0v) is 11.1. The number of aliphatic carboxylic acids is 1. The maximum atomic E-state index is 11.9.